The zero-order chi connectivity index (χ0) is 25.8. The van der Waals surface area contributed by atoms with Gasteiger partial charge in [0.15, 0.2) is 29.4 Å². The average Bonchev–Trinajstić information content (AvgIpc) is 3.19. The predicted octanol–water partition coefficient (Wildman–Crippen LogP) is 2.58. The number of ether oxygens (including phenoxy) is 2. The molecule has 7 nitrogen and oxygen atoms in total. The van der Waals surface area contributed by atoms with Crippen LogP contribution in [0.1, 0.15) is 58.3 Å². The number of benzene rings is 1. The van der Waals surface area contributed by atoms with Crippen LogP contribution in [-0.2, 0) is 4.79 Å². The second-order valence-corrected chi connectivity index (χ2v) is 11.1. The number of likely N-dealkylation sites (tertiary alicyclic amines) is 1. The number of pyridine rings is 1. The standard InChI is InChI=1S/C29H36N4O3/c1-18(20-8-10-23(35-7)11-9-20)33-16-21(12-27(33)34)19(2)36-28-24-17-31(6)26(24)13-25(30-28)22-14-32(15-22)29(3,4)5/h8-11,13-15,17-19,21H,12,16H2,1-7H3/q+2. The normalized spacial score (nSPS) is 20.4. The molecule has 1 saturated heterocycles. The van der Waals surface area contributed by atoms with Gasteiger partial charge >= 0.3 is 0 Å². The second kappa shape index (κ2) is 8.87. The van der Waals surface area contributed by atoms with Crippen LogP contribution < -0.4 is 24.6 Å². The molecule has 1 aromatic heterocycles. The van der Waals surface area contributed by atoms with Gasteiger partial charge in [-0.25, -0.2) is 4.98 Å². The largest absolute Gasteiger partial charge is 0.497 e. The van der Waals surface area contributed by atoms with Crippen LogP contribution in [0.25, 0.3) is 11.8 Å². The van der Waals surface area contributed by atoms with Crippen LogP contribution in [0.2, 0.25) is 0 Å². The Bertz CT molecular complexity index is 1400. The van der Waals surface area contributed by atoms with E-state index in [2.05, 4.69) is 62.3 Å². The molecule has 0 aliphatic carbocycles. The maximum Gasteiger partial charge on any atom is 0.234 e. The summed E-state index contributed by atoms with van der Waals surface area (Å²) in [5, 5.41) is 2.14. The van der Waals surface area contributed by atoms with Gasteiger partial charge < -0.3 is 14.4 Å². The van der Waals surface area contributed by atoms with Crippen LogP contribution in [0.4, 0.5) is 0 Å². The highest BCUT2D eigenvalue weighted by molar-refractivity contribution is 6.09. The molecule has 0 radical (unpaired) electrons. The number of carbonyl (C=O) groups is 1. The minimum absolute atomic E-state index is 0.00283. The van der Waals surface area contributed by atoms with Crippen LogP contribution in [-0.4, -0.2) is 58.9 Å². The Balaban J connectivity index is 1.31. The molecule has 2 aromatic rings. The summed E-state index contributed by atoms with van der Waals surface area (Å²) in [6, 6.07) is 10.0. The van der Waals surface area contributed by atoms with Crippen molar-refractivity contribution in [2.45, 2.75) is 58.7 Å². The highest BCUT2D eigenvalue weighted by atomic mass is 16.5. The molecule has 0 saturated carbocycles. The second-order valence-electron chi connectivity index (χ2n) is 11.1. The summed E-state index contributed by atoms with van der Waals surface area (Å²) in [7, 11) is 3.69. The SMILES string of the molecule is COc1ccc(C(C)N2CC(C(C)Oc3nc(C4=C[N+](C(C)(C)C)=C4)cc4c3=C[N+]=4C)CC2=O)cc1. The Morgan fingerprint density at radius 2 is 1.83 bits per heavy atom. The lowest BCUT2D eigenvalue weighted by atomic mass is 10.0. The van der Waals surface area contributed by atoms with Gasteiger partial charge in [0.05, 0.1) is 18.8 Å². The minimum Gasteiger partial charge on any atom is -0.497 e. The van der Waals surface area contributed by atoms with E-state index >= 15 is 0 Å². The topological polar surface area (TPSA) is 57.7 Å². The third-order valence-corrected chi connectivity index (χ3v) is 7.55. The summed E-state index contributed by atoms with van der Waals surface area (Å²) in [4.78, 5) is 19.8. The van der Waals surface area contributed by atoms with Gasteiger partial charge in [-0.15, -0.1) is 0 Å². The third kappa shape index (κ3) is 4.31. The molecule has 0 spiro atoms. The Hall–Kier alpha value is -3.48. The zero-order valence-corrected chi connectivity index (χ0v) is 22.3. The van der Waals surface area contributed by atoms with Gasteiger partial charge in [0.2, 0.25) is 17.1 Å². The van der Waals surface area contributed by atoms with E-state index in [-0.39, 0.29) is 29.5 Å². The van der Waals surface area contributed by atoms with E-state index in [1.54, 1.807) is 7.11 Å². The van der Waals surface area contributed by atoms with Crippen LogP contribution in [0, 0.1) is 5.92 Å². The quantitative estimate of drug-likeness (QED) is 0.563. The number of rotatable bonds is 7. The molecule has 1 aromatic carbocycles. The van der Waals surface area contributed by atoms with Gasteiger partial charge in [-0.05, 0) is 31.5 Å². The third-order valence-electron chi connectivity index (χ3n) is 7.55. The molecule has 1 fully saturated rings. The summed E-state index contributed by atoms with van der Waals surface area (Å²) in [5.74, 6) is 1.72. The lowest BCUT2D eigenvalue weighted by molar-refractivity contribution is -0.536. The maximum atomic E-state index is 13.0. The highest BCUT2D eigenvalue weighted by Crippen LogP contribution is 2.32. The number of allylic oxidation sites excluding steroid dienone is 1. The fraction of sp³-hybridized carbons (Fsp3) is 0.448. The lowest BCUT2D eigenvalue weighted by Crippen LogP contribution is -2.47. The lowest BCUT2D eigenvalue weighted by Gasteiger charge is -2.26. The fourth-order valence-electron chi connectivity index (χ4n) is 4.96. The first-order valence-electron chi connectivity index (χ1n) is 12.6. The van der Waals surface area contributed by atoms with Crippen molar-refractivity contribution in [1.29, 1.82) is 0 Å². The van der Waals surface area contributed by atoms with Crippen LogP contribution in [0.15, 0.2) is 36.5 Å². The van der Waals surface area contributed by atoms with Crippen molar-refractivity contribution in [3.05, 3.63) is 58.4 Å². The number of methoxy groups -OCH3 is 1. The average molecular weight is 489 g/mol. The molecule has 3 aliphatic rings. The first kappa shape index (κ1) is 24.2. The van der Waals surface area contributed by atoms with E-state index in [9.17, 15) is 4.79 Å². The smallest absolute Gasteiger partial charge is 0.234 e. The summed E-state index contributed by atoms with van der Waals surface area (Å²) in [6.45, 7) is 11.3. The van der Waals surface area contributed by atoms with Crippen LogP contribution in [0.5, 0.6) is 11.6 Å². The molecule has 3 aliphatic heterocycles. The Morgan fingerprint density at radius 1 is 1.14 bits per heavy atom. The van der Waals surface area contributed by atoms with Crippen molar-refractivity contribution >= 4 is 23.9 Å². The molecule has 0 N–H and O–H groups in total. The molecule has 7 heteroatoms. The van der Waals surface area contributed by atoms with Crippen molar-refractivity contribution in [2.24, 2.45) is 5.92 Å². The zero-order valence-electron chi connectivity index (χ0n) is 22.3. The summed E-state index contributed by atoms with van der Waals surface area (Å²) in [6.07, 6.45) is 6.66. The summed E-state index contributed by atoms with van der Waals surface area (Å²) >= 11 is 0. The number of carbonyl (C=O) groups excluding carboxylic acids is 1. The van der Waals surface area contributed by atoms with Crippen molar-refractivity contribution in [2.75, 3.05) is 20.7 Å². The first-order valence-corrected chi connectivity index (χ1v) is 12.6. The van der Waals surface area contributed by atoms with Crippen molar-refractivity contribution < 1.29 is 18.8 Å². The molecular weight excluding hydrogens is 452 g/mol. The Morgan fingerprint density at radius 3 is 2.44 bits per heavy atom. The van der Waals surface area contributed by atoms with Gasteiger partial charge in [0, 0.05) is 45.7 Å². The Kier molecular flexibility index (Phi) is 5.97. The van der Waals surface area contributed by atoms with Gasteiger partial charge in [-0.2, -0.15) is 9.15 Å². The van der Waals surface area contributed by atoms with E-state index in [0.717, 1.165) is 33.2 Å². The molecule has 188 valence electrons. The maximum absolute atomic E-state index is 13.0. The van der Waals surface area contributed by atoms with E-state index in [4.69, 9.17) is 14.5 Å². The van der Waals surface area contributed by atoms with Gasteiger partial charge in [0.25, 0.3) is 0 Å². The van der Waals surface area contributed by atoms with E-state index in [1.807, 2.05) is 42.4 Å². The Labute approximate surface area is 212 Å². The predicted molar refractivity (Wildman–Crippen MR) is 140 cm³/mol. The van der Waals surface area contributed by atoms with Gasteiger partial charge in [-0.3, -0.25) is 4.79 Å². The summed E-state index contributed by atoms with van der Waals surface area (Å²) in [5.41, 5.74) is 3.15. The molecule has 36 heavy (non-hydrogen) atoms. The monoisotopic (exact) mass is 488 g/mol. The van der Waals surface area contributed by atoms with E-state index < -0.39 is 0 Å². The summed E-state index contributed by atoms with van der Waals surface area (Å²) < 4.78 is 16.0. The number of hydrogen-bond acceptors (Lipinski definition) is 4. The molecule has 3 unspecified atom stereocenters. The molecule has 5 rings (SSSR count). The van der Waals surface area contributed by atoms with Gasteiger partial charge in [-0.1, -0.05) is 12.1 Å². The van der Waals surface area contributed by atoms with E-state index in [1.165, 1.54) is 0 Å². The van der Waals surface area contributed by atoms with Crippen LogP contribution >= 0.6 is 0 Å². The highest BCUT2D eigenvalue weighted by Gasteiger charge is 2.38. The first-order chi connectivity index (χ1) is 17.0. The van der Waals surface area contributed by atoms with Crippen LogP contribution in [0.3, 0.4) is 0 Å². The molecule has 1 amide bonds. The van der Waals surface area contributed by atoms with Crippen molar-refractivity contribution in [3.8, 4) is 11.6 Å². The molecular formula is C29H36N4O3+2. The molecule has 4 heterocycles. The van der Waals surface area contributed by atoms with E-state index in [0.29, 0.717) is 18.8 Å². The number of nitrogens with zero attached hydrogens (tertiary/aromatic N) is 4. The number of hydrogen-bond donors (Lipinski definition) is 0. The number of amides is 1. The van der Waals surface area contributed by atoms with Crippen molar-refractivity contribution in [1.82, 2.24) is 14.5 Å². The van der Waals surface area contributed by atoms with Gasteiger partial charge in [0.1, 0.15) is 24.5 Å². The fourth-order valence-corrected chi connectivity index (χ4v) is 4.96. The van der Waals surface area contributed by atoms with Crippen molar-refractivity contribution in [3.63, 3.8) is 0 Å². The molecule has 0 bridgehead atoms. The minimum atomic E-state index is -0.140. The molecule has 3 atom stereocenters. The number of fused-ring (bicyclic) bond motifs is 1. The number of aromatic nitrogens is 1.